The first-order chi connectivity index (χ1) is 9.15. The molecule has 0 aliphatic carbocycles. The van der Waals surface area contributed by atoms with Gasteiger partial charge in [-0.1, -0.05) is 30.3 Å². The van der Waals surface area contributed by atoms with Crippen LogP contribution in [0.4, 0.5) is 0 Å². The Bertz CT molecular complexity index is 366. The molecular formula is C15H26N4. The summed E-state index contributed by atoms with van der Waals surface area (Å²) in [5, 5.41) is 1.79. The number of aryl methyl sites for hydroxylation is 1. The highest BCUT2D eigenvalue weighted by atomic mass is 15.4. The zero-order valence-corrected chi connectivity index (χ0v) is 12.1. The van der Waals surface area contributed by atoms with Crippen LogP contribution in [0.3, 0.4) is 0 Å². The van der Waals surface area contributed by atoms with Crippen LogP contribution in [0.25, 0.3) is 0 Å². The number of hydrazine groups is 1. The van der Waals surface area contributed by atoms with E-state index in [1.165, 1.54) is 24.9 Å². The lowest BCUT2D eigenvalue weighted by Gasteiger charge is -2.21. The van der Waals surface area contributed by atoms with E-state index in [0.717, 1.165) is 19.8 Å². The molecule has 1 aromatic rings. The lowest BCUT2D eigenvalue weighted by Crippen LogP contribution is -2.41. The van der Waals surface area contributed by atoms with E-state index in [1.807, 2.05) is 7.05 Å². The second-order valence-corrected chi connectivity index (χ2v) is 5.66. The Morgan fingerprint density at radius 2 is 2.05 bits per heavy atom. The van der Waals surface area contributed by atoms with Crippen LogP contribution in [-0.2, 0) is 6.42 Å². The second kappa shape index (κ2) is 7.01. The maximum absolute atomic E-state index is 5.74. The van der Waals surface area contributed by atoms with E-state index in [1.54, 1.807) is 5.01 Å². The third kappa shape index (κ3) is 4.58. The van der Waals surface area contributed by atoms with Gasteiger partial charge in [-0.05, 0) is 32.0 Å². The van der Waals surface area contributed by atoms with Crippen LogP contribution >= 0.6 is 0 Å². The van der Waals surface area contributed by atoms with Crippen LogP contribution in [0, 0.1) is 0 Å². The van der Waals surface area contributed by atoms with Gasteiger partial charge >= 0.3 is 0 Å². The fourth-order valence-electron chi connectivity index (χ4n) is 2.77. The monoisotopic (exact) mass is 262 g/mol. The lowest BCUT2D eigenvalue weighted by molar-refractivity contribution is 0.222. The van der Waals surface area contributed by atoms with Crippen molar-refractivity contribution in [3.05, 3.63) is 35.9 Å². The average molecular weight is 262 g/mol. The van der Waals surface area contributed by atoms with Crippen LogP contribution < -0.4 is 5.84 Å². The summed E-state index contributed by atoms with van der Waals surface area (Å²) in [6.45, 7) is 4.30. The molecule has 0 saturated carbocycles. The molecule has 1 aliphatic rings. The van der Waals surface area contributed by atoms with Gasteiger partial charge in [-0.2, -0.15) is 0 Å². The molecule has 2 N–H and O–H groups in total. The first-order valence-electron chi connectivity index (χ1n) is 7.07. The standard InChI is InChI=1S/C15H26N4/c1-17-13-19(12-15(17)11-18(2)16)10-6-9-14-7-4-3-5-8-14/h3-5,7-8,15H,6,9-13,16H2,1-2H3. The second-order valence-electron chi connectivity index (χ2n) is 5.66. The number of nitrogens with zero attached hydrogens (tertiary/aromatic N) is 3. The van der Waals surface area contributed by atoms with Crippen molar-refractivity contribution in [1.82, 2.24) is 14.8 Å². The Hall–Kier alpha value is -0.940. The Balaban J connectivity index is 1.70. The Morgan fingerprint density at radius 3 is 2.74 bits per heavy atom. The van der Waals surface area contributed by atoms with Gasteiger partial charge in [-0.25, -0.2) is 5.01 Å². The number of likely N-dealkylation sites (N-methyl/N-ethyl adjacent to an activating group) is 2. The van der Waals surface area contributed by atoms with Gasteiger partial charge in [-0.3, -0.25) is 15.6 Å². The molecule has 1 aliphatic heterocycles. The predicted molar refractivity (Wildman–Crippen MR) is 79.6 cm³/mol. The molecule has 106 valence electrons. The minimum Gasteiger partial charge on any atom is -0.289 e. The summed E-state index contributed by atoms with van der Waals surface area (Å²) >= 11 is 0. The summed E-state index contributed by atoms with van der Waals surface area (Å²) < 4.78 is 0. The first-order valence-corrected chi connectivity index (χ1v) is 7.07. The van der Waals surface area contributed by atoms with E-state index in [9.17, 15) is 0 Å². The highest BCUT2D eigenvalue weighted by molar-refractivity contribution is 5.14. The van der Waals surface area contributed by atoms with Crippen molar-refractivity contribution in [2.24, 2.45) is 5.84 Å². The van der Waals surface area contributed by atoms with Gasteiger partial charge in [0.05, 0.1) is 6.67 Å². The van der Waals surface area contributed by atoms with E-state index in [4.69, 9.17) is 5.84 Å². The van der Waals surface area contributed by atoms with Gasteiger partial charge in [-0.15, -0.1) is 0 Å². The summed E-state index contributed by atoms with van der Waals surface area (Å²) in [6.07, 6.45) is 2.39. The molecule has 1 saturated heterocycles. The summed E-state index contributed by atoms with van der Waals surface area (Å²) in [7, 11) is 4.12. The minimum atomic E-state index is 0.562. The van der Waals surface area contributed by atoms with Crippen molar-refractivity contribution in [3.63, 3.8) is 0 Å². The summed E-state index contributed by atoms with van der Waals surface area (Å²) in [6, 6.07) is 11.3. The molecule has 0 amide bonds. The van der Waals surface area contributed by atoms with Crippen molar-refractivity contribution >= 4 is 0 Å². The third-order valence-electron chi connectivity index (χ3n) is 3.80. The van der Waals surface area contributed by atoms with Crippen molar-refractivity contribution < 1.29 is 0 Å². The Morgan fingerprint density at radius 1 is 1.32 bits per heavy atom. The normalized spacial score (nSPS) is 21.4. The molecule has 4 heteroatoms. The molecule has 4 nitrogen and oxygen atoms in total. The molecule has 1 heterocycles. The average Bonchev–Trinajstić information content (AvgIpc) is 2.70. The molecule has 0 radical (unpaired) electrons. The highest BCUT2D eigenvalue weighted by Gasteiger charge is 2.27. The van der Waals surface area contributed by atoms with Crippen molar-refractivity contribution in [2.75, 3.05) is 40.4 Å². The maximum atomic E-state index is 5.74. The fraction of sp³-hybridized carbons (Fsp3) is 0.600. The predicted octanol–water partition coefficient (Wildman–Crippen LogP) is 0.998. The quantitative estimate of drug-likeness (QED) is 0.613. The van der Waals surface area contributed by atoms with Gasteiger partial charge < -0.3 is 0 Å². The van der Waals surface area contributed by atoms with Crippen molar-refractivity contribution in [2.45, 2.75) is 18.9 Å². The number of benzene rings is 1. The maximum Gasteiger partial charge on any atom is 0.0507 e. The van der Waals surface area contributed by atoms with Crippen LogP contribution in [0.5, 0.6) is 0 Å². The van der Waals surface area contributed by atoms with Gasteiger partial charge in [0.2, 0.25) is 0 Å². The number of hydrogen-bond acceptors (Lipinski definition) is 4. The molecule has 0 bridgehead atoms. The van der Waals surface area contributed by atoms with E-state index in [0.29, 0.717) is 6.04 Å². The fourth-order valence-corrected chi connectivity index (χ4v) is 2.77. The number of rotatable bonds is 6. The first kappa shape index (κ1) is 14.5. The van der Waals surface area contributed by atoms with E-state index < -0.39 is 0 Å². The number of hydrogen-bond donors (Lipinski definition) is 1. The van der Waals surface area contributed by atoms with E-state index in [-0.39, 0.29) is 0 Å². The molecule has 19 heavy (non-hydrogen) atoms. The van der Waals surface area contributed by atoms with Gasteiger partial charge in [0.15, 0.2) is 0 Å². The minimum absolute atomic E-state index is 0.562. The zero-order chi connectivity index (χ0) is 13.7. The topological polar surface area (TPSA) is 35.7 Å². The van der Waals surface area contributed by atoms with Gasteiger partial charge in [0.25, 0.3) is 0 Å². The van der Waals surface area contributed by atoms with Crippen LogP contribution in [0.15, 0.2) is 30.3 Å². The summed E-state index contributed by atoms with van der Waals surface area (Å²) in [4.78, 5) is 4.92. The molecule has 1 unspecified atom stereocenters. The highest BCUT2D eigenvalue weighted by Crippen LogP contribution is 2.12. The van der Waals surface area contributed by atoms with Gasteiger partial charge in [0, 0.05) is 26.2 Å². The lowest BCUT2D eigenvalue weighted by atomic mass is 10.1. The zero-order valence-electron chi connectivity index (χ0n) is 12.1. The SMILES string of the molecule is CN(N)CC1CN(CCCc2ccccc2)CN1C. The van der Waals surface area contributed by atoms with E-state index >= 15 is 0 Å². The molecule has 0 spiro atoms. The molecule has 1 fully saturated rings. The number of nitrogens with two attached hydrogens (primary N) is 1. The molecule has 0 aromatic heterocycles. The van der Waals surface area contributed by atoms with Gasteiger partial charge in [0.1, 0.15) is 0 Å². The Labute approximate surface area is 116 Å². The summed E-state index contributed by atoms with van der Waals surface area (Å²) in [5.41, 5.74) is 1.44. The van der Waals surface area contributed by atoms with Crippen molar-refractivity contribution in [3.8, 4) is 0 Å². The smallest absolute Gasteiger partial charge is 0.0507 e. The van der Waals surface area contributed by atoms with Crippen molar-refractivity contribution in [1.29, 1.82) is 0 Å². The third-order valence-corrected chi connectivity index (χ3v) is 3.80. The van der Waals surface area contributed by atoms with Crippen LogP contribution in [0.1, 0.15) is 12.0 Å². The van der Waals surface area contributed by atoms with Crippen LogP contribution in [-0.4, -0.2) is 61.2 Å². The summed E-state index contributed by atoms with van der Waals surface area (Å²) in [5.74, 6) is 5.74. The molecule has 1 aromatic carbocycles. The molecular weight excluding hydrogens is 236 g/mol. The van der Waals surface area contributed by atoms with E-state index in [2.05, 4.69) is 47.2 Å². The Kier molecular flexibility index (Phi) is 5.34. The van der Waals surface area contributed by atoms with Crippen LogP contribution in [0.2, 0.25) is 0 Å². The largest absolute Gasteiger partial charge is 0.289 e. The molecule has 2 rings (SSSR count). The molecule has 1 atom stereocenters.